The average Bonchev–Trinajstić information content (AvgIpc) is 2.30. The lowest BCUT2D eigenvalue weighted by atomic mass is 9.84. The Morgan fingerprint density at radius 1 is 1.44 bits per heavy atom. The van der Waals surface area contributed by atoms with Crippen molar-refractivity contribution >= 4 is 11.6 Å². The molecule has 0 saturated carbocycles. The molecule has 2 nitrogen and oxygen atoms in total. The Morgan fingerprint density at radius 2 is 2.12 bits per heavy atom. The molecule has 0 amide bonds. The van der Waals surface area contributed by atoms with Crippen LogP contribution in [0.4, 0.5) is 0 Å². The van der Waals surface area contributed by atoms with Crippen LogP contribution in [0, 0.1) is 0 Å². The number of fused-ring (bicyclic) bond motifs is 1. The zero-order chi connectivity index (χ0) is 11.8. The van der Waals surface area contributed by atoms with E-state index in [1.54, 1.807) is 0 Å². The van der Waals surface area contributed by atoms with Gasteiger partial charge in [0.15, 0.2) is 0 Å². The minimum atomic E-state index is -0.0970. The van der Waals surface area contributed by atoms with Crippen LogP contribution in [-0.2, 0) is 0 Å². The Kier molecular flexibility index (Phi) is 3.13. The van der Waals surface area contributed by atoms with Crippen LogP contribution in [0.1, 0.15) is 44.7 Å². The van der Waals surface area contributed by atoms with Gasteiger partial charge in [-0.2, -0.15) is 0 Å². The summed E-state index contributed by atoms with van der Waals surface area (Å²) in [7, 11) is 0. The Balaban J connectivity index is 2.40. The second-order valence-corrected chi connectivity index (χ2v) is 4.92. The Morgan fingerprint density at radius 3 is 2.75 bits per heavy atom. The molecule has 0 aliphatic carbocycles. The van der Waals surface area contributed by atoms with E-state index in [4.69, 9.17) is 22.1 Å². The quantitative estimate of drug-likeness (QED) is 0.855. The first-order valence-electron chi connectivity index (χ1n) is 5.84. The molecule has 0 aromatic heterocycles. The van der Waals surface area contributed by atoms with E-state index < -0.39 is 0 Å². The molecule has 2 rings (SSSR count). The van der Waals surface area contributed by atoms with Crippen molar-refractivity contribution in [2.75, 3.05) is 0 Å². The van der Waals surface area contributed by atoms with Crippen molar-refractivity contribution in [1.29, 1.82) is 0 Å². The molecule has 0 radical (unpaired) electrons. The Bertz CT molecular complexity index is 388. The van der Waals surface area contributed by atoms with Crippen LogP contribution < -0.4 is 10.5 Å². The van der Waals surface area contributed by atoms with Crippen LogP contribution in [0.3, 0.4) is 0 Å². The van der Waals surface area contributed by atoms with Crippen LogP contribution in [-0.4, -0.2) is 5.60 Å². The van der Waals surface area contributed by atoms with Crippen molar-refractivity contribution in [1.82, 2.24) is 0 Å². The maximum atomic E-state index is 6.20. The van der Waals surface area contributed by atoms with E-state index in [2.05, 4.69) is 13.8 Å². The highest BCUT2D eigenvalue weighted by atomic mass is 35.5. The third-order valence-corrected chi connectivity index (χ3v) is 3.81. The maximum absolute atomic E-state index is 6.20. The highest BCUT2D eigenvalue weighted by Crippen LogP contribution is 2.42. The van der Waals surface area contributed by atoms with Gasteiger partial charge in [-0.05, 0) is 31.0 Å². The molecule has 1 aromatic rings. The van der Waals surface area contributed by atoms with Gasteiger partial charge in [-0.1, -0.05) is 25.4 Å². The van der Waals surface area contributed by atoms with Gasteiger partial charge in [0.1, 0.15) is 11.4 Å². The predicted molar refractivity (Wildman–Crippen MR) is 66.9 cm³/mol. The summed E-state index contributed by atoms with van der Waals surface area (Å²) in [5, 5.41) is 0.721. The molecule has 1 unspecified atom stereocenters. The van der Waals surface area contributed by atoms with Crippen molar-refractivity contribution in [2.45, 2.75) is 44.8 Å². The van der Waals surface area contributed by atoms with E-state index in [0.29, 0.717) is 0 Å². The van der Waals surface area contributed by atoms with E-state index in [1.165, 1.54) is 0 Å². The van der Waals surface area contributed by atoms with Crippen LogP contribution in [0.5, 0.6) is 5.75 Å². The molecule has 0 bridgehead atoms. The lowest BCUT2D eigenvalue weighted by Gasteiger charge is -2.40. The van der Waals surface area contributed by atoms with Gasteiger partial charge in [0.25, 0.3) is 0 Å². The summed E-state index contributed by atoms with van der Waals surface area (Å²) in [6.45, 7) is 4.30. The Hall–Kier alpha value is -0.730. The van der Waals surface area contributed by atoms with Gasteiger partial charge < -0.3 is 10.5 Å². The number of hydrogen-bond donors (Lipinski definition) is 1. The Labute approximate surface area is 102 Å². The molecule has 1 atom stereocenters. The topological polar surface area (TPSA) is 35.2 Å². The molecule has 0 spiro atoms. The zero-order valence-electron chi connectivity index (χ0n) is 9.79. The largest absolute Gasteiger partial charge is 0.487 e. The van der Waals surface area contributed by atoms with E-state index in [-0.39, 0.29) is 11.6 Å². The number of benzene rings is 1. The van der Waals surface area contributed by atoms with Crippen molar-refractivity contribution in [3.8, 4) is 5.75 Å². The summed E-state index contributed by atoms with van der Waals surface area (Å²) >= 11 is 5.97. The second kappa shape index (κ2) is 4.27. The van der Waals surface area contributed by atoms with Gasteiger partial charge in [-0.25, -0.2) is 0 Å². The molecular formula is C13H18ClNO. The van der Waals surface area contributed by atoms with E-state index >= 15 is 0 Å². The van der Waals surface area contributed by atoms with Gasteiger partial charge in [0, 0.05) is 23.0 Å². The van der Waals surface area contributed by atoms with Crippen molar-refractivity contribution in [2.24, 2.45) is 5.73 Å². The first-order chi connectivity index (χ1) is 7.60. The lowest BCUT2D eigenvalue weighted by molar-refractivity contribution is 0.0282. The third-order valence-electron chi connectivity index (χ3n) is 3.58. The summed E-state index contributed by atoms with van der Waals surface area (Å²) in [4.78, 5) is 0. The first-order valence-corrected chi connectivity index (χ1v) is 6.22. The normalized spacial score (nSPS) is 22.4. The number of rotatable bonds is 2. The molecular weight excluding hydrogens is 222 g/mol. The average molecular weight is 240 g/mol. The minimum Gasteiger partial charge on any atom is -0.487 e. The van der Waals surface area contributed by atoms with Crippen LogP contribution >= 0.6 is 11.6 Å². The van der Waals surface area contributed by atoms with E-state index in [9.17, 15) is 0 Å². The monoisotopic (exact) mass is 239 g/mol. The minimum absolute atomic E-state index is 0.0300. The number of nitrogens with two attached hydrogens (primary N) is 1. The highest BCUT2D eigenvalue weighted by Gasteiger charge is 2.36. The van der Waals surface area contributed by atoms with E-state index in [1.807, 2.05) is 18.2 Å². The van der Waals surface area contributed by atoms with E-state index in [0.717, 1.165) is 35.6 Å². The fourth-order valence-electron chi connectivity index (χ4n) is 2.37. The van der Waals surface area contributed by atoms with Gasteiger partial charge in [-0.3, -0.25) is 0 Å². The predicted octanol–water partition coefficient (Wildman–Crippen LogP) is 3.68. The van der Waals surface area contributed by atoms with Crippen LogP contribution in [0.25, 0.3) is 0 Å². The smallest absolute Gasteiger partial charge is 0.125 e. The highest BCUT2D eigenvalue weighted by molar-refractivity contribution is 6.30. The summed E-state index contributed by atoms with van der Waals surface area (Å²) in [6, 6.07) is 5.73. The molecule has 1 heterocycles. The van der Waals surface area contributed by atoms with Crippen molar-refractivity contribution < 1.29 is 4.74 Å². The van der Waals surface area contributed by atoms with Crippen LogP contribution in [0.2, 0.25) is 5.02 Å². The van der Waals surface area contributed by atoms with Crippen molar-refractivity contribution in [3.63, 3.8) is 0 Å². The molecule has 1 aliphatic heterocycles. The van der Waals surface area contributed by atoms with Crippen LogP contribution in [0.15, 0.2) is 18.2 Å². The lowest BCUT2D eigenvalue weighted by Crippen LogP contribution is -2.41. The number of hydrogen-bond acceptors (Lipinski definition) is 2. The molecule has 1 aliphatic rings. The summed E-state index contributed by atoms with van der Waals surface area (Å²) in [6.07, 6.45) is 2.84. The van der Waals surface area contributed by atoms with Gasteiger partial charge in [0.05, 0.1) is 0 Å². The molecule has 16 heavy (non-hydrogen) atoms. The molecule has 3 heteroatoms. The van der Waals surface area contributed by atoms with Crippen molar-refractivity contribution in [3.05, 3.63) is 28.8 Å². The van der Waals surface area contributed by atoms with Gasteiger partial charge >= 0.3 is 0 Å². The fraction of sp³-hybridized carbons (Fsp3) is 0.538. The first kappa shape index (κ1) is 11.7. The number of halogens is 1. The second-order valence-electron chi connectivity index (χ2n) is 4.48. The van der Waals surface area contributed by atoms with Gasteiger partial charge in [-0.15, -0.1) is 0 Å². The standard InChI is InChI=1S/C13H18ClNO/c1-3-13(4-2)8-11(15)10-7-9(14)5-6-12(10)16-13/h5-7,11H,3-4,8,15H2,1-2H3. The molecule has 0 fully saturated rings. The molecule has 88 valence electrons. The third kappa shape index (κ3) is 1.92. The summed E-state index contributed by atoms with van der Waals surface area (Å²) < 4.78 is 6.10. The zero-order valence-corrected chi connectivity index (χ0v) is 10.6. The number of ether oxygens (including phenoxy) is 1. The fourth-order valence-corrected chi connectivity index (χ4v) is 2.55. The maximum Gasteiger partial charge on any atom is 0.125 e. The molecule has 2 N–H and O–H groups in total. The SMILES string of the molecule is CCC1(CC)CC(N)c2cc(Cl)ccc2O1. The molecule has 1 aromatic carbocycles. The molecule has 0 saturated heterocycles. The summed E-state index contributed by atoms with van der Waals surface area (Å²) in [5.41, 5.74) is 7.14. The van der Waals surface area contributed by atoms with Gasteiger partial charge in [0.2, 0.25) is 0 Å². The summed E-state index contributed by atoms with van der Waals surface area (Å²) in [5.74, 6) is 0.895.